The Hall–Kier alpha value is -3.28. The zero-order valence-electron chi connectivity index (χ0n) is 16.0. The van der Waals surface area contributed by atoms with Crippen molar-refractivity contribution < 1.29 is 28.5 Å². The molecule has 29 heavy (non-hydrogen) atoms. The predicted molar refractivity (Wildman–Crippen MR) is 108 cm³/mol. The Balaban J connectivity index is 1.73. The standard InChI is InChI=1S/C23H22O6/c24-20-15-21(25)27-12-6-14-29-23-17-8-2-1-7-16(17)22(28-13-5-11-26-20)18-9-3-4-10-19(18)23/h1-4,7-10H,5-6,11-15H2. The lowest BCUT2D eigenvalue weighted by molar-refractivity contribution is -0.154. The number of carbonyl (C=O) groups is 2. The monoisotopic (exact) mass is 394 g/mol. The van der Waals surface area contributed by atoms with Gasteiger partial charge in [-0.05, 0) is 0 Å². The topological polar surface area (TPSA) is 71.1 Å². The molecule has 3 aromatic rings. The molecule has 0 spiro atoms. The van der Waals surface area contributed by atoms with E-state index in [2.05, 4.69) is 0 Å². The van der Waals surface area contributed by atoms with Crippen LogP contribution >= 0.6 is 0 Å². The quantitative estimate of drug-likeness (QED) is 0.326. The summed E-state index contributed by atoms with van der Waals surface area (Å²) in [6.07, 6.45) is 0.650. The van der Waals surface area contributed by atoms with Gasteiger partial charge in [-0.15, -0.1) is 0 Å². The number of ether oxygens (including phenoxy) is 4. The van der Waals surface area contributed by atoms with Crippen LogP contribution in [0.2, 0.25) is 0 Å². The van der Waals surface area contributed by atoms with Crippen LogP contribution < -0.4 is 9.47 Å². The summed E-state index contributed by atoms with van der Waals surface area (Å²) in [6.45, 7) is 1.13. The fourth-order valence-corrected chi connectivity index (χ4v) is 3.42. The summed E-state index contributed by atoms with van der Waals surface area (Å²) in [4.78, 5) is 23.4. The fraction of sp³-hybridized carbons (Fsp3) is 0.304. The molecule has 0 saturated carbocycles. The van der Waals surface area contributed by atoms with Gasteiger partial charge in [-0.3, -0.25) is 9.59 Å². The van der Waals surface area contributed by atoms with E-state index in [0.29, 0.717) is 26.1 Å². The molecule has 2 bridgehead atoms. The highest BCUT2D eigenvalue weighted by molar-refractivity contribution is 6.11. The van der Waals surface area contributed by atoms with Crippen molar-refractivity contribution in [2.75, 3.05) is 26.4 Å². The van der Waals surface area contributed by atoms with Crippen LogP contribution in [0.3, 0.4) is 0 Å². The molecule has 0 aliphatic carbocycles. The summed E-state index contributed by atoms with van der Waals surface area (Å²) >= 11 is 0. The number of hydrogen-bond donors (Lipinski definition) is 0. The van der Waals surface area contributed by atoms with Crippen LogP contribution in [0.15, 0.2) is 48.5 Å². The molecule has 3 aromatic carbocycles. The van der Waals surface area contributed by atoms with Crippen LogP contribution in [0.5, 0.6) is 11.5 Å². The normalized spacial score (nSPS) is 16.6. The Morgan fingerprint density at radius 2 is 0.862 bits per heavy atom. The minimum Gasteiger partial charge on any atom is -0.492 e. The van der Waals surface area contributed by atoms with E-state index < -0.39 is 11.9 Å². The van der Waals surface area contributed by atoms with Crippen molar-refractivity contribution >= 4 is 33.5 Å². The van der Waals surface area contributed by atoms with E-state index in [0.717, 1.165) is 33.0 Å². The summed E-state index contributed by atoms with van der Waals surface area (Å²) in [6, 6.07) is 15.9. The predicted octanol–water partition coefficient (Wildman–Crippen LogP) is 4.02. The highest BCUT2D eigenvalue weighted by atomic mass is 16.6. The number of hydrogen-bond acceptors (Lipinski definition) is 6. The molecule has 6 nitrogen and oxygen atoms in total. The maximum absolute atomic E-state index is 11.7. The molecule has 0 saturated heterocycles. The Bertz CT molecular complexity index is 903. The Morgan fingerprint density at radius 1 is 0.517 bits per heavy atom. The van der Waals surface area contributed by atoms with Crippen molar-refractivity contribution in [2.24, 2.45) is 0 Å². The van der Waals surface area contributed by atoms with Crippen LogP contribution in [-0.2, 0) is 19.1 Å². The Morgan fingerprint density at radius 3 is 1.24 bits per heavy atom. The van der Waals surface area contributed by atoms with Gasteiger partial charge in [-0.2, -0.15) is 0 Å². The van der Waals surface area contributed by atoms with Gasteiger partial charge in [0.25, 0.3) is 0 Å². The minimum atomic E-state index is -0.588. The SMILES string of the molecule is O=C1CC(=O)OCCCOc2c3ccccc3c(c3ccccc23)OCCCO1. The zero-order chi connectivity index (χ0) is 20.1. The van der Waals surface area contributed by atoms with E-state index in [-0.39, 0.29) is 19.6 Å². The van der Waals surface area contributed by atoms with Gasteiger partial charge in [0.1, 0.15) is 17.9 Å². The first-order valence-corrected chi connectivity index (χ1v) is 9.74. The molecule has 0 fully saturated rings. The molecule has 5 rings (SSSR count). The highest BCUT2D eigenvalue weighted by Gasteiger charge is 2.17. The van der Waals surface area contributed by atoms with Crippen LogP contribution in [0.4, 0.5) is 0 Å². The van der Waals surface area contributed by atoms with Crippen molar-refractivity contribution in [1.29, 1.82) is 0 Å². The third-order valence-electron chi connectivity index (χ3n) is 4.72. The summed E-state index contributed by atoms with van der Waals surface area (Å²) < 4.78 is 22.5. The second-order valence-electron chi connectivity index (χ2n) is 6.77. The average molecular weight is 394 g/mol. The molecule has 2 aliphatic rings. The van der Waals surface area contributed by atoms with Gasteiger partial charge in [0, 0.05) is 34.4 Å². The van der Waals surface area contributed by atoms with Crippen LogP contribution in [0.25, 0.3) is 21.5 Å². The molecular weight excluding hydrogens is 372 g/mol. The molecule has 2 heterocycles. The van der Waals surface area contributed by atoms with E-state index in [1.165, 1.54) is 0 Å². The van der Waals surface area contributed by atoms with Gasteiger partial charge in [0.15, 0.2) is 0 Å². The van der Waals surface area contributed by atoms with Crippen LogP contribution in [0.1, 0.15) is 19.3 Å². The Kier molecular flexibility index (Phi) is 5.79. The summed E-state index contributed by atoms with van der Waals surface area (Å²) in [5.74, 6) is 0.404. The van der Waals surface area contributed by atoms with Crippen molar-refractivity contribution in [3.8, 4) is 11.5 Å². The summed E-state index contributed by atoms with van der Waals surface area (Å²) in [5.41, 5.74) is 0. The lowest BCUT2D eigenvalue weighted by atomic mass is 10.0. The lowest BCUT2D eigenvalue weighted by Crippen LogP contribution is -2.16. The van der Waals surface area contributed by atoms with Crippen LogP contribution in [-0.4, -0.2) is 38.4 Å². The van der Waals surface area contributed by atoms with Crippen LogP contribution in [0, 0.1) is 0 Å². The first kappa shape index (κ1) is 19.1. The molecule has 150 valence electrons. The highest BCUT2D eigenvalue weighted by Crippen LogP contribution is 2.42. The molecule has 0 unspecified atom stereocenters. The van der Waals surface area contributed by atoms with Crippen molar-refractivity contribution in [2.45, 2.75) is 19.3 Å². The third kappa shape index (κ3) is 4.26. The van der Waals surface area contributed by atoms with Gasteiger partial charge < -0.3 is 18.9 Å². The second kappa shape index (κ2) is 8.82. The smallest absolute Gasteiger partial charge is 0.317 e. The van der Waals surface area contributed by atoms with E-state index >= 15 is 0 Å². The maximum atomic E-state index is 11.7. The van der Waals surface area contributed by atoms with E-state index in [4.69, 9.17) is 18.9 Å². The lowest BCUT2D eigenvalue weighted by Gasteiger charge is -2.17. The van der Waals surface area contributed by atoms with Gasteiger partial charge in [0.2, 0.25) is 0 Å². The van der Waals surface area contributed by atoms with Crippen molar-refractivity contribution in [3.63, 3.8) is 0 Å². The summed E-state index contributed by atoms with van der Waals surface area (Å²) in [7, 11) is 0. The first-order valence-electron chi connectivity index (χ1n) is 9.74. The Labute approximate surface area is 168 Å². The third-order valence-corrected chi connectivity index (χ3v) is 4.72. The maximum Gasteiger partial charge on any atom is 0.317 e. The zero-order valence-corrected chi connectivity index (χ0v) is 16.0. The molecule has 6 heteroatoms. The average Bonchev–Trinajstić information content (AvgIpc) is 2.73. The number of rotatable bonds is 0. The number of carbonyl (C=O) groups excluding carboxylic acids is 2. The second-order valence-corrected chi connectivity index (χ2v) is 6.77. The van der Waals surface area contributed by atoms with E-state index in [1.54, 1.807) is 0 Å². The molecule has 0 atom stereocenters. The van der Waals surface area contributed by atoms with Crippen molar-refractivity contribution in [1.82, 2.24) is 0 Å². The molecule has 0 N–H and O–H groups in total. The van der Waals surface area contributed by atoms with Gasteiger partial charge in [-0.25, -0.2) is 0 Å². The van der Waals surface area contributed by atoms with Gasteiger partial charge >= 0.3 is 11.9 Å². The number of esters is 2. The first-order chi connectivity index (χ1) is 14.2. The fourth-order valence-electron chi connectivity index (χ4n) is 3.42. The molecule has 0 amide bonds. The van der Waals surface area contributed by atoms with Gasteiger partial charge in [0.05, 0.1) is 26.4 Å². The molecule has 0 radical (unpaired) electrons. The van der Waals surface area contributed by atoms with E-state index in [1.807, 2.05) is 48.5 Å². The molecule has 0 aromatic heterocycles. The number of fused-ring (bicyclic) bond motifs is 12. The van der Waals surface area contributed by atoms with Gasteiger partial charge in [-0.1, -0.05) is 48.5 Å². The molecule has 2 aliphatic heterocycles. The van der Waals surface area contributed by atoms with E-state index in [9.17, 15) is 9.59 Å². The number of benzene rings is 3. The molecular formula is C23H22O6. The van der Waals surface area contributed by atoms with Crippen molar-refractivity contribution in [3.05, 3.63) is 48.5 Å². The largest absolute Gasteiger partial charge is 0.492 e. The minimum absolute atomic E-state index is 0.184. The summed E-state index contributed by atoms with van der Waals surface area (Å²) in [5, 5.41) is 3.87.